The van der Waals surface area contributed by atoms with Crippen molar-refractivity contribution in [3.05, 3.63) is 34.9 Å². The van der Waals surface area contributed by atoms with E-state index in [1.165, 1.54) is 11.8 Å². The Hall–Kier alpha value is -0.700. The van der Waals surface area contributed by atoms with Gasteiger partial charge < -0.3 is 0 Å². The number of hydrogen-bond acceptors (Lipinski definition) is 6. The Morgan fingerprint density at radius 3 is 2.85 bits per heavy atom. The Morgan fingerprint density at radius 2 is 2.10 bits per heavy atom. The second-order valence-electron chi connectivity index (χ2n) is 4.17. The van der Waals surface area contributed by atoms with Gasteiger partial charge in [-0.15, -0.1) is 4.40 Å². The van der Waals surface area contributed by atoms with Gasteiger partial charge in [-0.1, -0.05) is 35.5 Å². The fraction of sp³-hybridized carbons (Fsp3) is 0.273. The predicted octanol–water partition coefficient (Wildman–Crippen LogP) is 2.59. The number of hydrazone groups is 1. The number of hydrogen-bond donors (Lipinski definition) is 0. The van der Waals surface area contributed by atoms with Gasteiger partial charge in [0.1, 0.15) is 0 Å². The van der Waals surface area contributed by atoms with Crippen LogP contribution in [-0.2, 0) is 15.8 Å². The lowest BCUT2D eigenvalue weighted by molar-refractivity contribution is 0.474. The van der Waals surface area contributed by atoms with Crippen LogP contribution in [0.25, 0.3) is 0 Å². The molecule has 0 atom stereocenters. The SMILES string of the molecule is O=S1(=O)CCN2N=C(SCc3ccc(Cl)cc3)SC2=N1. The van der Waals surface area contributed by atoms with E-state index in [-0.39, 0.29) is 5.75 Å². The zero-order chi connectivity index (χ0) is 14.2. The molecule has 0 unspecified atom stereocenters. The summed E-state index contributed by atoms with van der Waals surface area (Å²) in [6.07, 6.45) is 0. The minimum Gasteiger partial charge on any atom is -0.239 e. The van der Waals surface area contributed by atoms with Crippen molar-refractivity contribution in [3.63, 3.8) is 0 Å². The van der Waals surface area contributed by atoms with E-state index in [0.717, 1.165) is 15.7 Å². The number of rotatable bonds is 2. The van der Waals surface area contributed by atoms with Gasteiger partial charge in [0.05, 0.1) is 12.3 Å². The van der Waals surface area contributed by atoms with Crippen molar-refractivity contribution in [1.82, 2.24) is 5.01 Å². The zero-order valence-corrected chi connectivity index (χ0v) is 13.4. The van der Waals surface area contributed by atoms with E-state index in [1.807, 2.05) is 24.3 Å². The molecule has 9 heteroatoms. The maximum atomic E-state index is 11.4. The van der Waals surface area contributed by atoms with Crippen molar-refractivity contribution in [2.75, 3.05) is 12.3 Å². The number of nitrogens with zero attached hydrogens (tertiary/aromatic N) is 3. The van der Waals surface area contributed by atoms with Crippen LogP contribution in [0, 0.1) is 0 Å². The first-order chi connectivity index (χ1) is 9.52. The first-order valence-corrected chi connectivity index (χ1v) is 9.55. The van der Waals surface area contributed by atoms with E-state index in [2.05, 4.69) is 9.50 Å². The van der Waals surface area contributed by atoms with Gasteiger partial charge in [0.2, 0.25) is 5.17 Å². The number of benzene rings is 1. The highest BCUT2D eigenvalue weighted by Crippen LogP contribution is 2.32. The molecular weight excluding hydrogens is 338 g/mol. The first-order valence-electron chi connectivity index (χ1n) is 5.76. The third-order valence-electron chi connectivity index (χ3n) is 2.66. The molecular formula is C11H10ClN3O2S3. The molecule has 2 aliphatic rings. The molecule has 0 aliphatic carbocycles. The molecule has 0 bridgehead atoms. The summed E-state index contributed by atoms with van der Waals surface area (Å²) >= 11 is 8.70. The number of thioether (sulfide) groups is 2. The molecule has 0 saturated heterocycles. The number of fused-ring (bicyclic) bond motifs is 1. The topological polar surface area (TPSA) is 62.1 Å². The molecule has 106 valence electrons. The molecule has 0 radical (unpaired) electrons. The third-order valence-corrected chi connectivity index (χ3v) is 6.32. The highest BCUT2D eigenvalue weighted by molar-refractivity contribution is 8.45. The maximum Gasteiger partial charge on any atom is 0.257 e. The van der Waals surface area contributed by atoms with Crippen molar-refractivity contribution in [2.45, 2.75) is 5.75 Å². The minimum atomic E-state index is -3.30. The predicted molar refractivity (Wildman–Crippen MR) is 85.7 cm³/mol. The van der Waals surface area contributed by atoms with Gasteiger partial charge in [-0.2, -0.15) is 5.10 Å². The van der Waals surface area contributed by atoms with Crippen LogP contribution in [0.3, 0.4) is 0 Å². The second kappa shape index (κ2) is 5.59. The average molecular weight is 348 g/mol. The van der Waals surface area contributed by atoms with Gasteiger partial charge >= 0.3 is 0 Å². The zero-order valence-electron chi connectivity index (χ0n) is 10.2. The van der Waals surface area contributed by atoms with Crippen molar-refractivity contribution < 1.29 is 8.42 Å². The summed E-state index contributed by atoms with van der Waals surface area (Å²) in [7, 11) is -3.30. The van der Waals surface area contributed by atoms with Crippen molar-refractivity contribution >= 4 is 54.7 Å². The average Bonchev–Trinajstić information content (AvgIpc) is 2.78. The van der Waals surface area contributed by atoms with E-state index in [0.29, 0.717) is 16.7 Å². The molecule has 0 amide bonds. The Bertz CT molecular complexity index is 685. The molecule has 20 heavy (non-hydrogen) atoms. The van der Waals surface area contributed by atoms with E-state index >= 15 is 0 Å². The van der Waals surface area contributed by atoms with Crippen LogP contribution in [0.15, 0.2) is 33.8 Å². The molecule has 0 fully saturated rings. The van der Waals surface area contributed by atoms with Crippen molar-refractivity contribution in [3.8, 4) is 0 Å². The van der Waals surface area contributed by atoms with Gasteiger partial charge in [0.15, 0.2) is 4.38 Å². The summed E-state index contributed by atoms with van der Waals surface area (Å²) in [5, 5.41) is 7.18. The lowest BCUT2D eigenvalue weighted by atomic mass is 10.2. The number of amidine groups is 1. The Morgan fingerprint density at radius 1 is 1.35 bits per heavy atom. The highest BCUT2D eigenvalue weighted by atomic mass is 35.5. The molecule has 0 aromatic heterocycles. The monoisotopic (exact) mass is 347 g/mol. The quantitative estimate of drug-likeness (QED) is 0.822. The van der Waals surface area contributed by atoms with Gasteiger partial charge in [0.25, 0.3) is 10.0 Å². The van der Waals surface area contributed by atoms with Crippen LogP contribution in [0.1, 0.15) is 5.56 Å². The van der Waals surface area contributed by atoms with Crippen molar-refractivity contribution in [2.24, 2.45) is 9.50 Å². The molecule has 1 aromatic rings. The molecule has 5 nitrogen and oxygen atoms in total. The van der Waals surface area contributed by atoms with Gasteiger partial charge in [-0.25, -0.2) is 13.4 Å². The fourth-order valence-electron chi connectivity index (χ4n) is 1.65. The molecule has 0 N–H and O–H groups in total. The van der Waals surface area contributed by atoms with Crippen LogP contribution in [0.2, 0.25) is 5.02 Å². The van der Waals surface area contributed by atoms with Crippen LogP contribution in [-0.4, -0.2) is 35.3 Å². The molecule has 2 heterocycles. The summed E-state index contributed by atoms with van der Waals surface area (Å²) in [6, 6.07) is 7.62. The van der Waals surface area contributed by atoms with E-state index < -0.39 is 10.0 Å². The standard InChI is InChI=1S/C11H10ClN3O2S3/c12-9-3-1-8(2-4-9)7-18-11-13-15-5-6-20(16,17)14-10(15)19-11/h1-4H,5-7H2. The summed E-state index contributed by atoms with van der Waals surface area (Å²) in [5.74, 6) is 0.784. The first kappa shape index (κ1) is 14.2. The summed E-state index contributed by atoms with van der Waals surface area (Å²) < 4.78 is 27.4. The Kier molecular flexibility index (Phi) is 3.98. The van der Waals surface area contributed by atoms with Gasteiger partial charge in [0, 0.05) is 10.8 Å². The molecule has 0 saturated carbocycles. The van der Waals surface area contributed by atoms with E-state index in [9.17, 15) is 8.42 Å². The third kappa shape index (κ3) is 3.30. The summed E-state index contributed by atoms with van der Waals surface area (Å²) in [6.45, 7) is 0.374. The molecule has 3 rings (SSSR count). The highest BCUT2D eigenvalue weighted by Gasteiger charge is 2.30. The maximum absolute atomic E-state index is 11.4. The lowest BCUT2D eigenvalue weighted by Gasteiger charge is -2.16. The van der Waals surface area contributed by atoms with Crippen LogP contribution in [0.5, 0.6) is 0 Å². The largest absolute Gasteiger partial charge is 0.257 e. The fourth-order valence-corrected chi connectivity index (χ4v) is 4.91. The van der Waals surface area contributed by atoms with Crippen molar-refractivity contribution in [1.29, 1.82) is 0 Å². The lowest BCUT2D eigenvalue weighted by Crippen LogP contribution is -2.31. The second-order valence-corrected chi connectivity index (χ2v) is 8.54. The molecule has 0 spiro atoms. The number of sulfonamides is 1. The number of halogens is 1. The summed E-state index contributed by atoms with van der Waals surface area (Å²) in [5.41, 5.74) is 1.14. The van der Waals surface area contributed by atoms with Crippen LogP contribution in [0.4, 0.5) is 0 Å². The smallest absolute Gasteiger partial charge is 0.239 e. The van der Waals surface area contributed by atoms with Gasteiger partial charge in [-0.05, 0) is 29.5 Å². The van der Waals surface area contributed by atoms with E-state index in [4.69, 9.17) is 11.6 Å². The van der Waals surface area contributed by atoms with Gasteiger partial charge in [-0.3, -0.25) is 0 Å². The molecule has 2 aliphatic heterocycles. The Balaban J connectivity index is 1.65. The van der Waals surface area contributed by atoms with Crippen LogP contribution >= 0.6 is 35.1 Å². The van der Waals surface area contributed by atoms with E-state index in [1.54, 1.807) is 16.8 Å². The minimum absolute atomic E-state index is 0.0235. The summed E-state index contributed by atoms with van der Waals surface area (Å²) in [4.78, 5) is 0. The Labute approximate surface area is 130 Å². The van der Waals surface area contributed by atoms with Crippen LogP contribution < -0.4 is 0 Å². The normalized spacial score (nSPS) is 20.4. The molecule has 1 aromatic carbocycles.